The lowest BCUT2D eigenvalue weighted by molar-refractivity contribution is 0.0333. The standard InChI is InChI=1S/C16H25NO2/c1-4-11-18-14-8-6-13(7-9-14)16(17-3)15-10-5-12(2)19-15/h6-9,12,15-17H,4-5,10-11H2,1-3H3. The van der Waals surface area contributed by atoms with E-state index in [-0.39, 0.29) is 12.1 Å². The maximum absolute atomic E-state index is 5.97. The largest absolute Gasteiger partial charge is 0.494 e. The highest BCUT2D eigenvalue weighted by Gasteiger charge is 2.29. The zero-order chi connectivity index (χ0) is 13.7. The van der Waals surface area contributed by atoms with Gasteiger partial charge in [0.1, 0.15) is 5.75 Å². The third kappa shape index (κ3) is 3.71. The van der Waals surface area contributed by atoms with E-state index in [2.05, 4.69) is 31.3 Å². The van der Waals surface area contributed by atoms with Gasteiger partial charge in [0.2, 0.25) is 0 Å². The summed E-state index contributed by atoms with van der Waals surface area (Å²) >= 11 is 0. The van der Waals surface area contributed by atoms with E-state index in [0.29, 0.717) is 6.10 Å². The molecule has 0 bridgehead atoms. The van der Waals surface area contributed by atoms with E-state index in [4.69, 9.17) is 9.47 Å². The zero-order valence-electron chi connectivity index (χ0n) is 12.2. The Morgan fingerprint density at radius 3 is 2.58 bits per heavy atom. The quantitative estimate of drug-likeness (QED) is 0.854. The van der Waals surface area contributed by atoms with Crippen LogP contribution in [0.5, 0.6) is 5.75 Å². The molecule has 1 aliphatic heterocycles. The molecular formula is C16H25NO2. The Balaban J connectivity index is 2.02. The van der Waals surface area contributed by atoms with Gasteiger partial charge in [-0.15, -0.1) is 0 Å². The predicted molar refractivity (Wildman–Crippen MR) is 77.6 cm³/mol. The van der Waals surface area contributed by atoms with Crippen LogP contribution in [0.1, 0.15) is 44.7 Å². The number of hydrogen-bond donors (Lipinski definition) is 1. The molecule has 1 aromatic rings. The minimum atomic E-state index is 0.269. The molecule has 1 N–H and O–H groups in total. The second-order valence-corrected chi connectivity index (χ2v) is 5.25. The molecule has 0 spiro atoms. The lowest BCUT2D eigenvalue weighted by atomic mass is 9.99. The van der Waals surface area contributed by atoms with E-state index >= 15 is 0 Å². The van der Waals surface area contributed by atoms with Crippen LogP contribution in [-0.2, 0) is 4.74 Å². The molecule has 3 atom stereocenters. The highest BCUT2D eigenvalue weighted by Crippen LogP contribution is 2.30. The van der Waals surface area contributed by atoms with Gasteiger partial charge >= 0.3 is 0 Å². The Labute approximate surface area is 116 Å². The highest BCUT2D eigenvalue weighted by molar-refractivity contribution is 5.30. The summed E-state index contributed by atoms with van der Waals surface area (Å²) < 4.78 is 11.6. The van der Waals surface area contributed by atoms with Gasteiger partial charge in [-0.05, 0) is 50.9 Å². The fourth-order valence-corrected chi connectivity index (χ4v) is 2.64. The fourth-order valence-electron chi connectivity index (χ4n) is 2.64. The summed E-state index contributed by atoms with van der Waals surface area (Å²) in [6.45, 7) is 5.04. The number of likely N-dealkylation sites (N-methyl/N-ethyl adjacent to an activating group) is 1. The maximum atomic E-state index is 5.97. The summed E-state index contributed by atoms with van der Waals surface area (Å²) in [5.74, 6) is 0.946. The van der Waals surface area contributed by atoms with Crippen molar-refractivity contribution in [2.75, 3.05) is 13.7 Å². The van der Waals surface area contributed by atoms with Gasteiger partial charge in [0.15, 0.2) is 0 Å². The van der Waals surface area contributed by atoms with Gasteiger partial charge in [-0.3, -0.25) is 0 Å². The number of hydrogen-bond acceptors (Lipinski definition) is 3. The van der Waals surface area contributed by atoms with Crippen LogP contribution in [0.3, 0.4) is 0 Å². The van der Waals surface area contributed by atoms with E-state index in [1.807, 2.05) is 19.2 Å². The average molecular weight is 263 g/mol. The van der Waals surface area contributed by atoms with Crippen LogP contribution >= 0.6 is 0 Å². The highest BCUT2D eigenvalue weighted by atomic mass is 16.5. The van der Waals surface area contributed by atoms with Gasteiger partial charge in [-0.1, -0.05) is 19.1 Å². The lowest BCUT2D eigenvalue weighted by Gasteiger charge is -2.23. The summed E-state index contributed by atoms with van der Waals surface area (Å²) in [4.78, 5) is 0. The molecule has 3 nitrogen and oxygen atoms in total. The topological polar surface area (TPSA) is 30.5 Å². The lowest BCUT2D eigenvalue weighted by Crippen LogP contribution is -2.29. The van der Waals surface area contributed by atoms with Crippen molar-refractivity contribution in [3.05, 3.63) is 29.8 Å². The van der Waals surface area contributed by atoms with Crippen molar-refractivity contribution < 1.29 is 9.47 Å². The molecule has 1 heterocycles. The first kappa shape index (κ1) is 14.4. The first-order chi connectivity index (χ1) is 9.24. The molecule has 19 heavy (non-hydrogen) atoms. The summed E-state index contributed by atoms with van der Waals surface area (Å²) in [6, 6.07) is 8.64. The molecule has 0 aromatic heterocycles. The minimum Gasteiger partial charge on any atom is -0.494 e. The van der Waals surface area contributed by atoms with E-state index < -0.39 is 0 Å². The predicted octanol–water partition coefficient (Wildman–Crippen LogP) is 3.30. The van der Waals surface area contributed by atoms with E-state index in [1.165, 1.54) is 5.56 Å². The van der Waals surface area contributed by atoms with Crippen LogP contribution in [0, 0.1) is 0 Å². The van der Waals surface area contributed by atoms with E-state index in [9.17, 15) is 0 Å². The Morgan fingerprint density at radius 2 is 2.05 bits per heavy atom. The second-order valence-electron chi connectivity index (χ2n) is 5.25. The third-order valence-electron chi connectivity index (χ3n) is 3.66. The normalized spacial score (nSPS) is 24.4. The molecule has 1 aromatic carbocycles. The first-order valence-corrected chi connectivity index (χ1v) is 7.30. The zero-order valence-corrected chi connectivity index (χ0v) is 12.2. The molecule has 0 saturated carbocycles. The molecule has 1 aliphatic rings. The van der Waals surface area contributed by atoms with Crippen molar-refractivity contribution in [1.82, 2.24) is 5.32 Å². The van der Waals surface area contributed by atoms with Crippen LogP contribution in [-0.4, -0.2) is 25.9 Å². The van der Waals surface area contributed by atoms with Gasteiger partial charge in [0.25, 0.3) is 0 Å². The van der Waals surface area contributed by atoms with Crippen molar-refractivity contribution in [3.8, 4) is 5.75 Å². The van der Waals surface area contributed by atoms with Crippen molar-refractivity contribution in [3.63, 3.8) is 0 Å². The first-order valence-electron chi connectivity index (χ1n) is 7.30. The molecule has 1 saturated heterocycles. The van der Waals surface area contributed by atoms with Gasteiger partial charge < -0.3 is 14.8 Å². The van der Waals surface area contributed by atoms with Crippen LogP contribution in [0.25, 0.3) is 0 Å². The third-order valence-corrected chi connectivity index (χ3v) is 3.66. The van der Waals surface area contributed by atoms with Gasteiger partial charge in [-0.25, -0.2) is 0 Å². The summed E-state index contributed by atoms with van der Waals surface area (Å²) in [5.41, 5.74) is 1.27. The minimum absolute atomic E-state index is 0.269. The number of nitrogens with one attached hydrogen (secondary N) is 1. The molecule has 2 rings (SSSR count). The smallest absolute Gasteiger partial charge is 0.119 e. The molecule has 106 valence electrons. The van der Waals surface area contributed by atoms with Crippen LogP contribution in [0.15, 0.2) is 24.3 Å². The molecular weight excluding hydrogens is 238 g/mol. The Bertz CT molecular complexity index is 377. The van der Waals surface area contributed by atoms with Crippen molar-refractivity contribution in [2.24, 2.45) is 0 Å². The van der Waals surface area contributed by atoms with E-state index in [0.717, 1.165) is 31.6 Å². The number of ether oxygens (including phenoxy) is 2. The van der Waals surface area contributed by atoms with Crippen molar-refractivity contribution in [1.29, 1.82) is 0 Å². The molecule has 3 unspecified atom stereocenters. The molecule has 0 aliphatic carbocycles. The Kier molecular flexibility index (Phi) is 5.23. The molecule has 0 amide bonds. The van der Waals surface area contributed by atoms with Gasteiger partial charge in [0.05, 0.1) is 24.9 Å². The fraction of sp³-hybridized carbons (Fsp3) is 0.625. The van der Waals surface area contributed by atoms with Crippen LogP contribution in [0.4, 0.5) is 0 Å². The summed E-state index contributed by atoms with van der Waals surface area (Å²) in [5, 5.41) is 3.38. The Hall–Kier alpha value is -1.06. The van der Waals surface area contributed by atoms with Crippen molar-refractivity contribution >= 4 is 0 Å². The molecule has 0 radical (unpaired) electrons. The van der Waals surface area contributed by atoms with Gasteiger partial charge in [-0.2, -0.15) is 0 Å². The summed E-state index contributed by atoms with van der Waals surface area (Å²) in [6.07, 6.45) is 3.98. The van der Waals surface area contributed by atoms with Crippen LogP contribution < -0.4 is 10.1 Å². The van der Waals surface area contributed by atoms with E-state index in [1.54, 1.807) is 0 Å². The van der Waals surface area contributed by atoms with Gasteiger partial charge in [0, 0.05) is 0 Å². The molecule has 3 heteroatoms. The maximum Gasteiger partial charge on any atom is 0.119 e. The van der Waals surface area contributed by atoms with Crippen LogP contribution in [0.2, 0.25) is 0 Å². The second kappa shape index (κ2) is 6.92. The van der Waals surface area contributed by atoms with Crippen molar-refractivity contribution in [2.45, 2.75) is 51.4 Å². The number of benzene rings is 1. The summed E-state index contributed by atoms with van der Waals surface area (Å²) in [7, 11) is 2.00. The number of rotatable bonds is 6. The Morgan fingerprint density at radius 1 is 1.32 bits per heavy atom. The SMILES string of the molecule is CCCOc1ccc(C(NC)C2CCC(C)O2)cc1. The average Bonchev–Trinajstić information content (AvgIpc) is 2.85. The monoisotopic (exact) mass is 263 g/mol. The molecule has 1 fully saturated rings.